The minimum Gasteiger partial charge on any atom is -0.329 e. The van der Waals surface area contributed by atoms with Crippen LogP contribution in [0.25, 0.3) is 11.1 Å². The number of hydrogen-bond donors (Lipinski definition) is 2. The molecule has 0 aliphatic carbocycles. The number of hydrogen-bond acceptors (Lipinski definition) is 5. The number of aromatic nitrogens is 3. The summed E-state index contributed by atoms with van der Waals surface area (Å²) in [5.41, 5.74) is 4.25. The van der Waals surface area contributed by atoms with E-state index in [-0.39, 0.29) is 18.3 Å². The Morgan fingerprint density at radius 1 is 0.963 bits per heavy atom. The van der Waals surface area contributed by atoms with Crippen LogP contribution in [0, 0.1) is 0 Å². The molecule has 2 heterocycles. The molecule has 0 fully saturated rings. The van der Waals surface area contributed by atoms with Gasteiger partial charge in [0.05, 0.1) is 13.1 Å². The molecule has 2 N–H and O–H groups in total. The van der Waals surface area contributed by atoms with Crippen LogP contribution in [-0.4, -0.2) is 43.2 Å². The topological polar surface area (TPSA) is 100 Å². The Kier molecular flexibility index (Phi) is 4.39. The molecule has 8 nitrogen and oxygen atoms in total. The predicted molar refractivity (Wildman–Crippen MR) is 95.9 cm³/mol. The molecular formula is C19H17N5O3. The zero-order chi connectivity index (χ0) is 18.8. The van der Waals surface area contributed by atoms with Gasteiger partial charge in [-0.2, -0.15) is 0 Å². The van der Waals surface area contributed by atoms with Gasteiger partial charge in [0.25, 0.3) is 5.91 Å². The summed E-state index contributed by atoms with van der Waals surface area (Å²) in [5, 5.41) is 12.7. The lowest BCUT2D eigenvalue weighted by molar-refractivity contribution is 0.0689. The molecule has 0 bridgehead atoms. The van der Waals surface area contributed by atoms with E-state index in [2.05, 4.69) is 10.1 Å². The van der Waals surface area contributed by atoms with Gasteiger partial charge in [-0.3, -0.25) is 14.8 Å². The van der Waals surface area contributed by atoms with Crippen LogP contribution in [0.4, 0.5) is 0 Å². The SMILES string of the molecule is O=C(NO)c1nc2n(n1)CCN(C(=O)c1ccc(-c3ccccc3)cc1)C2. The molecule has 0 saturated heterocycles. The maximum absolute atomic E-state index is 12.8. The molecule has 2 aromatic carbocycles. The largest absolute Gasteiger partial charge is 0.329 e. The second kappa shape index (κ2) is 7.00. The van der Waals surface area contributed by atoms with Gasteiger partial charge in [-0.25, -0.2) is 15.1 Å². The molecule has 0 spiro atoms. The highest BCUT2D eigenvalue weighted by molar-refractivity contribution is 5.94. The van der Waals surface area contributed by atoms with Gasteiger partial charge in [0.2, 0.25) is 5.82 Å². The summed E-state index contributed by atoms with van der Waals surface area (Å²) in [6.07, 6.45) is 0. The monoisotopic (exact) mass is 363 g/mol. The van der Waals surface area contributed by atoms with Crippen molar-refractivity contribution in [3.05, 3.63) is 71.8 Å². The first-order valence-electron chi connectivity index (χ1n) is 8.48. The van der Waals surface area contributed by atoms with Crippen molar-refractivity contribution in [2.24, 2.45) is 0 Å². The van der Waals surface area contributed by atoms with E-state index in [1.165, 1.54) is 5.48 Å². The number of nitrogens with one attached hydrogen (secondary N) is 1. The Bertz CT molecular complexity index is 982. The van der Waals surface area contributed by atoms with Gasteiger partial charge in [-0.15, -0.1) is 5.10 Å². The number of benzene rings is 2. The van der Waals surface area contributed by atoms with Crippen molar-refractivity contribution in [3.8, 4) is 11.1 Å². The maximum atomic E-state index is 12.8. The molecule has 0 saturated carbocycles. The molecule has 27 heavy (non-hydrogen) atoms. The first-order chi connectivity index (χ1) is 13.2. The number of amides is 2. The average Bonchev–Trinajstić information content (AvgIpc) is 3.17. The summed E-state index contributed by atoms with van der Waals surface area (Å²) in [4.78, 5) is 30.0. The highest BCUT2D eigenvalue weighted by Gasteiger charge is 2.25. The van der Waals surface area contributed by atoms with Gasteiger partial charge in [0.15, 0.2) is 0 Å². The van der Waals surface area contributed by atoms with Crippen molar-refractivity contribution in [3.63, 3.8) is 0 Å². The Balaban J connectivity index is 1.50. The first-order valence-corrected chi connectivity index (χ1v) is 8.48. The third-order valence-electron chi connectivity index (χ3n) is 4.49. The first kappa shape index (κ1) is 16.9. The molecular weight excluding hydrogens is 346 g/mol. The van der Waals surface area contributed by atoms with Crippen LogP contribution in [0.3, 0.4) is 0 Å². The molecule has 1 aliphatic heterocycles. The lowest BCUT2D eigenvalue weighted by Crippen LogP contribution is -2.38. The van der Waals surface area contributed by atoms with Gasteiger partial charge in [-0.05, 0) is 23.3 Å². The highest BCUT2D eigenvalue weighted by atomic mass is 16.5. The number of carbonyl (C=O) groups excluding carboxylic acids is 2. The van der Waals surface area contributed by atoms with E-state index in [0.717, 1.165) is 11.1 Å². The molecule has 2 amide bonds. The molecule has 3 aromatic rings. The Morgan fingerprint density at radius 2 is 1.67 bits per heavy atom. The predicted octanol–water partition coefficient (Wildman–Crippen LogP) is 1.72. The van der Waals surface area contributed by atoms with Gasteiger partial charge >= 0.3 is 5.91 Å². The summed E-state index contributed by atoms with van der Waals surface area (Å²) >= 11 is 0. The smallest absolute Gasteiger partial charge is 0.314 e. The molecule has 136 valence electrons. The zero-order valence-corrected chi connectivity index (χ0v) is 14.4. The van der Waals surface area contributed by atoms with E-state index in [1.807, 2.05) is 54.6 Å². The summed E-state index contributed by atoms with van der Waals surface area (Å²) in [6.45, 7) is 1.16. The normalized spacial score (nSPS) is 13.1. The third-order valence-corrected chi connectivity index (χ3v) is 4.49. The van der Waals surface area contributed by atoms with Crippen molar-refractivity contribution in [2.75, 3.05) is 6.54 Å². The van der Waals surface area contributed by atoms with Crippen LogP contribution < -0.4 is 5.48 Å². The minimum atomic E-state index is -0.772. The van der Waals surface area contributed by atoms with Crippen molar-refractivity contribution in [1.29, 1.82) is 0 Å². The van der Waals surface area contributed by atoms with Crippen LogP contribution in [-0.2, 0) is 13.1 Å². The molecule has 0 radical (unpaired) electrons. The number of hydroxylamine groups is 1. The molecule has 1 aliphatic rings. The van der Waals surface area contributed by atoms with Crippen LogP contribution in [0.15, 0.2) is 54.6 Å². The summed E-state index contributed by atoms with van der Waals surface area (Å²) in [7, 11) is 0. The molecule has 8 heteroatoms. The van der Waals surface area contributed by atoms with E-state index in [1.54, 1.807) is 9.58 Å². The number of rotatable bonds is 3. The van der Waals surface area contributed by atoms with E-state index < -0.39 is 5.91 Å². The average molecular weight is 363 g/mol. The fraction of sp³-hybridized carbons (Fsp3) is 0.158. The van der Waals surface area contributed by atoms with E-state index >= 15 is 0 Å². The minimum absolute atomic E-state index is 0.1000. The van der Waals surface area contributed by atoms with E-state index in [0.29, 0.717) is 24.5 Å². The standard InChI is InChI=1S/C19H17N5O3/c25-18(22-27)17-20-16-12-23(10-11-24(16)21-17)19(26)15-8-6-14(7-9-15)13-4-2-1-3-5-13/h1-9,27H,10-12H2,(H,22,25). The number of nitrogens with zero attached hydrogens (tertiary/aromatic N) is 4. The Morgan fingerprint density at radius 3 is 2.37 bits per heavy atom. The summed E-state index contributed by atoms with van der Waals surface area (Å²) in [5.74, 6) is -0.480. The van der Waals surface area contributed by atoms with Crippen molar-refractivity contribution in [2.45, 2.75) is 13.1 Å². The zero-order valence-electron chi connectivity index (χ0n) is 14.4. The van der Waals surface area contributed by atoms with Gasteiger partial charge < -0.3 is 4.90 Å². The van der Waals surface area contributed by atoms with Gasteiger partial charge in [0.1, 0.15) is 5.82 Å². The quantitative estimate of drug-likeness (QED) is 0.545. The molecule has 1 aromatic heterocycles. The Hall–Kier alpha value is -3.52. The fourth-order valence-corrected chi connectivity index (χ4v) is 3.07. The van der Waals surface area contributed by atoms with E-state index in [9.17, 15) is 9.59 Å². The number of fused-ring (bicyclic) bond motifs is 1. The van der Waals surface area contributed by atoms with Crippen molar-refractivity contribution >= 4 is 11.8 Å². The van der Waals surface area contributed by atoms with Crippen LogP contribution in [0.2, 0.25) is 0 Å². The number of carbonyl (C=O) groups is 2. The highest BCUT2D eigenvalue weighted by Crippen LogP contribution is 2.21. The maximum Gasteiger partial charge on any atom is 0.314 e. The van der Waals surface area contributed by atoms with Gasteiger partial charge in [-0.1, -0.05) is 42.5 Å². The molecule has 0 unspecified atom stereocenters. The van der Waals surface area contributed by atoms with Crippen LogP contribution in [0.5, 0.6) is 0 Å². The summed E-state index contributed by atoms with van der Waals surface area (Å²) < 4.78 is 1.58. The van der Waals surface area contributed by atoms with E-state index in [4.69, 9.17) is 5.21 Å². The second-order valence-electron chi connectivity index (χ2n) is 6.19. The lowest BCUT2D eigenvalue weighted by Gasteiger charge is -2.26. The van der Waals surface area contributed by atoms with Gasteiger partial charge in [0, 0.05) is 12.1 Å². The van der Waals surface area contributed by atoms with Crippen LogP contribution in [0.1, 0.15) is 26.8 Å². The van der Waals surface area contributed by atoms with Crippen molar-refractivity contribution in [1.82, 2.24) is 25.1 Å². The molecule has 0 atom stereocenters. The molecule has 4 rings (SSSR count). The van der Waals surface area contributed by atoms with Crippen molar-refractivity contribution < 1.29 is 14.8 Å². The summed E-state index contributed by atoms with van der Waals surface area (Å²) in [6, 6.07) is 17.4. The lowest BCUT2D eigenvalue weighted by atomic mass is 10.0. The fourth-order valence-electron chi connectivity index (χ4n) is 3.07. The second-order valence-corrected chi connectivity index (χ2v) is 6.19. The Labute approximate surface area is 155 Å². The third kappa shape index (κ3) is 3.30. The van der Waals surface area contributed by atoms with Crippen LogP contribution >= 0.6 is 0 Å².